The molecule has 0 saturated carbocycles. The summed E-state index contributed by atoms with van der Waals surface area (Å²) in [5.74, 6) is -0.989. The van der Waals surface area contributed by atoms with Gasteiger partial charge in [-0.25, -0.2) is 9.78 Å². The number of imidazole rings is 1. The molecule has 0 bridgehead atoms. The minimum atomic E-state index is -0.989. The lowest BCUT2D eigenvalue weighted by atomic mass is 10.3. The predicted octanol–water partition coefficient (Wildman–Crippen LogP) is 3.38. The highest BCUT2D eigenvalue weighted by molar-refractivity contribution is 7.17. The number of carboxylic acids is 1. The van der Waals surface area contributed by atoms with Crippen LogP contribution >= 0.6 is 22.7 Å². The Morgan fingerprint density at radius 3 is 3.00 bits per heavy atom. The molecule has 0 aliphatic carbocycles. The highest BCUT2D eigenvalue weighted by Crippen LogP contribution is 2.32. The predicted molar refractivity (Wildman–Crippen MR) is 72.7 cm³/mol. The van der Waals surface area contributed by atoms with Crippen molar-refractivity contribution in [3.05, 3.63) is 34.3 Å². The van der Waals surface area contributed by atoms with Crippen molar-refractivity contribution >= 4 is 33.6 Å². The van der Waals surface area contributed by atoms with Gasteiger partial charge in [0.1, 0.15) is 0 Å². The lowest BCUT2D eigenvalue weighted by Gasteiger charge is -1.93. The molecule has 1 N–H and O–H groups in total. The average Bonchev–Trinajstić information content (AvgIpc) is 3.02. The molecule has 4 nitrogen and oxygen atoms in total. The summed E-state index contributed by atoms with van der Waals surface area (Å²) in [4.78, 5) is 18.2. The fraction of sp³-hybridized carbons (Fsp3) is 0.167. The van der Waals surface area contributed by atoms with E-state index in [0.29, 0.717) is 4.96 Å². The van der Waals surface area contributed by atoms with Crippen molar-refractivity contribution in [3.63, 3.8) is 0 Å². The van der Waals surface area contributed by atoms with E-state index in [0.717, 1.165) is 17.0 Å². The number of aromatic carboxylic acids is 1. The van der Waals surface area contributed by atoms with Crippen LogP contribution < -0.4 is 0 Å². The van der Waals surface area contributed by atoms with Crippen LogP contribution in [-0.2, 0) is 6.42 Å². The molecule has 3 aromatic heterocycles. The van der Waals surface area contributed by atoms with Crippen molar-refractivity contribution in [1.82, 2.24) is 9.38 Å². The molecule has 0 atom stereocenters. The number of carbonyl (C=O) groups is 1. The van der Waals surface area contributed by atoms with Crippen LogP contribution in [0.1, 0.15) is 22.3 Å². The number of hydrogen-bond acceptors (Lipinski definition) is 4. The second-order valence-electron chi connectivity index (χ2n) is 3.82. The Bertz CT molecular complexity index is 723. The van der Waals surface area contributed by atoms with E-state index >= 15 is 0 Å². The first-order valence-corrected chi connectivity index (χ1v) is 7.17. The van der Waals surface area contributed by atoms with E-state index < -0.39 is 5.97 Å². The SMILES string of the molecule is CCc1ccc(-c2csc3nc(C(=O)O)cn23)s1. The molecule has 92 valence electrons. The van der Waals surface area contributed by atoms with Gasteiger partial charge in [0, 0.05) is 16.5 Å². The largest absolute Gasteiger partial charge is 0.476 e. The molecule has 0 radical (unpaired) electrons. The number of rotatable bonds is 3. The zero-order chi connectivity index (χ0) is 12.7. The highest BCUT2D eigenvalue weighted by atomic mass is 32.1. The number of nitrogens with zero attached hydrogens (tertiary/aromatic N) is 2. The van der Waals surface area contributed by atoms with Crippen LogP contribution in [-0.4, -0.2) is 20.5 Å². The number of fused-ring (bicyclic) bond motifs is 1. The number of thiophene rings is 1. The van der Waals surface area contributed by atoms with Crippen LogP contribution in [0.15, 0.2) is 23.7 Å². The van der Waals surface area contributed by atoms with Gasteiger partial charge in [-0.15, -0.1) is 22.7 Å². The van der Waals surface area contributed by atoms with Crippen LogP contribution in [0.2, 0.25) is 0 Å². The molecular weight excluding hydrogens is 268 g/mol. The summed E-state index contributed by atoms with van der Waals surface area (Å²) < 4.78 is 1.85. The fourth-order valence-corrected chi connectivity index (χ4v) is 3.68. The standard InChI is InChI=1S/C12H10N2O2S2/c1-2-7-3-4-10(18-7)9-6-17-12-13-8(11(15)16)5-14(9)12/h3-6H,2H2,1H3,(H,15,16). The molecule has 18 heavy (non-hydrogen) atoms. The third-order valence-electron chi connectivity index (χ3n) is 2.69. The van der Waals surface area contributed by atoms with Gasteiger partial charge in [-0.05, 0) is 18.6 Å². The molecule has 3 rings (SSSR count). The monoisotopic (exact) mass is 278 g/mol. The van der Waals surface area contributed by atoms with E-state index in [1.807, 2.05) is 9.78 Å². The van der Waals surface area contributed by atoms with Gasteiger partial charge in [0.05, 0.1) is 10.6 Å². The molecule has 3 aromatic rings. The first kappa shape index (κ1) is 11.4. The molecule has 3 heterocycles. The number of aromatic nitrogens is 2. The van der Waals surface area contributed by atoms with Gasteiger partial charge in [-0.1, -0.05) is 6.92 Å². The highest BCUT2D eigenvalue weighted by Gasteiger charge is 2.14. The van der Waals surface area contributed by atoms with E-state index in [9.17, 15) is 4.79 Å². The van der Waals surface area contributed by atoms with Crippen molar-refractivity contribution in [2.45, 2.75) is 13.3 Å². The Balaban J connectivity index is 2.13. The van der Waals surface area contributed by atoms with Gasteiger partial charge in [0.25, 0.3) is 0 Å². The van der Waals surface area contributed by atoms with E-state index in [-0.39, 0.29) is 5.69 Å². The van der Waals surface area contributed by atoms with Crippen molar-refractivity contribution in [2.75, 3.05) is 0 Å². The molecular formula is C12H10N2O2S2. The van der Waals surface area contributed by atoms with Crippen LogP contribution in [0.25, 0.3) is 15.5 Å². The van der Waals surface area contributed by atoms with E-state index in [1.54, 1.807) is 17.5 Å². The summed E-state index contributed by atoms with van der Waals surface area (Å²) in [5.41, 5.74) is 1.11. The number of aryl methyl sites for hydroxylation is 1. The average molecular weight is 278 g/mol. The first-order valence-electron chi connectivity index (χ1n) is 5.48. The van der Waals surface area contributed by atoms with Crippen LogP contribution in [0, 0.1) is 0 Å². The Labute approximate surface area is 111 Å². The van der Waals surface area contributed by atoms with Crippen LogP contribution in [0.5, 0.6) is 0 Å². The topological polar surface area (TPSA) is 54.6 Å². The smallest absolute Gasteiger partial charge is 0.356 e. The van der Waals surface area contributed by atoms with E-state index in [2.05, 4.69) is 24.0 Å². The van der Waals surface area contributed by atoms with Crippen molar-refractivity contribution in [3.8, 4) is 10.6 Å². The Kier molecular flexibility index (Phi) is 2.68. The quantitative estimate of drug-likeness (QED) is 0.799. The zero-order valence-electron chi connectivity index (χ0n) is 9.58. The number of thiazole rings is 1. The van der Waals surface area contributed by atoms with Crippen LogP contribution in [0.4, 0.5) is 0 Å². The lowest BCUT2D eigenvalue weighted by Crippen LogP contribution is -1.95. The maximum Gasteiger partial charge on any atom is 0.356 e. The molecule has 0 aliphatic heterocycles. The first-order chi connectivity index (χ1) is 8.69. The summed E-state index contributed by atoms with van der Waals surface area (Å²) in [6.07, 6.45) is 2.59. The van der Waals surface area contributed by atoms with Gasteiger partial charge in [0.15, 0.2) is 10.7 Å². The normalized spacial score (nSPS) is 11.2. The summed E-state index contributed by atoms with van der Waals surface area (Å²) in [6, 6.07) is 4.18. The van der Waals surface area contributed by atoms with Crippen molar-refractivity contribution in [1.29, 1.82) is 0 Å². The molecule has 6 heteroatoms. The number of hydrogen-bond donors (Lipinski definition) is 1. The minimum Gasteiger partial charge on any atom is -0.476 e. The summed E-state index contributed by atoms with van der Waals surface area (Å²) >= 11 is 3.19. The summed E-state index contributed by atoms with van der Waals surface area (Å²) in [5, 5.41) is 11.0. The van der Waals surface area contributed by atoms with E-state index in [1.165, 1.54) is 16.2 Å². The lowest BCUT2D eigenvalue weighted by molar-refractivity contribution is 0.0691. The second kappa shape index (κ2) is 4.22. The second-order valence-corrected chi connectivity index (χ2v) is 5.83. The Hall–Kier alpha value is -1.66. The van der Waals surface area contributed by atoms with Gasteiger partial charge < -0.3 is 5.11 Å². The molecule has 0 fully saturated rings. The Morgan fingerprint density at radius 1 is 1.50 bits per heavy atom. The summed E-state index contributed by atoms with van der Waals surface area (Å²) in [6.45, 7) is 2.12. The third-order valence-corrected chi connectivity index (χ3v) is 4.78. The fourth-order valence-electron chi connectivity index (χ4n) is 1.77. The van der Waals surface area contributed by atoms with Gasteiger partial charge >= 0.3 is 5.97 Å². The molecule has 0 unspecified atom stereocenters. The van der Waals surface area contributed by atoms with Crippen molar-refractivity contribution in [2.24, 2.45) is 0 Å². The molecule has 0 aliphatic rings. The minimum absolute atomic E-state index is 0.0929. The molecule has 0 amide bonds. The number of carboxylic acid groups (broad SMARTS) is 1. The maximum absolute atomic E-state index is 10.9. The zero-order valence-corrected chi connectivity index (χ0v) is 11.2. The van der Waals surface area contributed by atoms with Gasteiger partial charge in [0.2, 0.25) is 0 Å². The van der Waals surface area contributed by atoms with Gasteiger partial charge in [-0.3, -0.25) is 4.40 Å². The van der Waals surface area contributed by atoms with Gasteiger partial charge in [-0.2, -0.15) is 0 Å². The molecule has 0 spiro atoms. The van der Waals surface area contributed by atoms with Crippen molar-refractivity contribution < 1.29 is 9.90 Å². The molecule has 0 saturated heterocycles. The Morgan fingerprint density at radius 2 is 2.33 bits per heavy atom. The van der Waals surface area contributed by atoms with E-state index in [4.69, 9.17) is 5.11 Å². The molecule has 0 aromatic carbocycles. The summed E-state index contributed by atoms with van der Waals surface area (Å²) in [7, 11) is 0. The third kappa shape index (κ3) is 1.74. The maximum atomic E-state index is 10.9. The van der Waals surface area contributed by atoms with Crippen LogP contribution in [0.3, 0.4) is 0 Å².